The van der Waals surface area contributed by atoms with Crippen LogP contribution in [-0.2, 0) is 9.47 Å². The zero-order valence-corrected chi connectivity index (χ0v) is 10.4. The zero-order chi connectivity index (χ0) is 12.0. The first kappa shape index (κ1) is 13.3. The number of carbonyl (C=O) groups excluding carboxylic acids is 1. The Labute approximate surface area is 97.1 Å². The summed E-state index contributed by atoms with van der Waals surface area (Å²) in [5, 5.41) is 3.30. The molecule has 5 heteroatoms. The molecule has 0 aliphatic carbocycles. The molecule has 1 unspecified atom stereocenters. The molecule has 1 rings (SSSR count). The minimum absolute atomic E-state index is 0.0700. The largest absolute Gasteiger partial charge is 0.450 e. The molecule has 1 amide bonds. The van der Waals surface area contributed by atoms with Gasteiger partial charge in [0.05, 0.1) is 25.9 Å². The lowest BCUT2D eigenvalue weighted by Crippen LogP contribution is -2.49. The molecule has 16 heavy (non-hydrogen) atoms. The maximum absolute atomic E-state index is 11.5. The van der Waals surface area contributed by atoms with Crippen molar-refractivity contribution in [1.82, 2.24) is 10.2 Å². The number of ether oxygens (including phenoxy) is 2. The number of morpholine rings is 1. The summed E-state index contributed by atoms with van der Waals surface area (Å²) in [4.78, 5) is 13.2. The Kier molecular flexibility index (Phi) is 5.55. The highest BCUT2D eigenvalue weighted by Crippen LogP contribution is 2.06. The summed E-state index contributed by atoms with van der Waals surface area (Å²) in [6, 6.07) is 0.432. The maximum atomic E-state index is 11.5. The van der Waals surface area contributed by atoms with Crippen LogP contribution in [0.2, 0.25) is 0 Å². The SMILES string of the molecule is CCOC(=O)N1CCOC(CNC(C)C)C1. The van der Waals surface area contributed by atoms with Crippen LogP contribution in [0.25, 0.3) is 0 Å². The molecule has 1 N–H and O–H groups in total. The van der Waals surface area contributed by atoms with Crippen molar-refractivity contribution in [2.24, 2.45) is 0 Å². The first-order chi connectivity index (χ1) is 7.63. The van der Waals surface area contributed by atoms with Crippen LogP contribution < -0.4 is 5.32 Å². The summed E-state index contributed by atoms with van der Waals surface area (Å²) in [7, 11) is 0. The highest BCUT2D eigenvalue weighted by Gasteiger charge is 2.24. The van der Waals surface area contributed by atoms with Gasteiger partial charge in [0, 0.05) is 19.1 Å². The van der Waals surface area contributed by atoms with Crippen molar-refractivity contribution in [2.75, 3.05) is 32.8 Å². The van der Waals surface area contributed by atoms with Crippen LogP contribution >= 0.6 is 0 Å². The molecule has 1 fully saturated rings. The van der Waals surface area contributed by atoms with E-state index in [2.05, 4.69) is 19.2 Å². The van der Waals surface area contributed by atoms with Crippen molar-refractivity contribution in [3.05, 3.63) is 0 Å². The Hall–Kier alpha value is -0.810. The predicted molar refractivity (Wildman–Crippen MR) is 61.5 cm³/mol. The van der Waals surface area contributed by atoms with E-state index in [4.69, 9.17) is 9.47 Å². The highest BCUT2D eigenvalue weighted by molar-refractivity contribution is 5.67. The van der Waals surface area contributed by atoms with Gasteiger partial charge >= 0.3 is 6.09 Å². The summed E-state index contributed by atoms with van der Waals surface area (Å²) in [6.07, 6.45) is -0.166. The van der Waals surface area contributed by atoms with Crippen LogP contribution in [0.4, 0.5) is 4.79 Å². The van der Waals surface area contributed by atoms with Crippen molar-refractivity contribution in [3.63, 3.8) is 0 Å². The molecule has 0 spiro atoms. The van der Waals surface area contributed by atoms with Crippen LogP contribution in [0.1, 0.15) is 20.8 Å². The second kappa shape index (κ2) is 6.70. The molecule has 1 saturated heterocycles. The second-order valence-electron chi connectivity index (χ2n) is 4.20. The van der Waals surface area contributed by atoms with Gasteiger partial charge in [0.15, 0.2) is 0 Å². The van der Waals surface area contributed by atoms with E-state index >= 15 is 0 Å². The van der Waals surface area contributed by atoms with E-state index in [1.54, 1.807) is 4.90 Å². The fourth-order valence-electron chi connectivity index (χ4n) is 1.59. The normalized spacial score (nSPS) is 21.2. The zero-order valence-electron chi connectivity index (χ0n) is 10.4. The van der Waals surface area contributed by atoms with Gasteiger partial charge in [-0.05, 0) is 6.92 Å². The first-order valence-electron chi connectivity index (χ1n) is 5.90. The van der Waals surface area contributed by atoms with E-state index in [1.807, 2.05) is 6.92 Å². The van der Waals surface area contributed by atoms with Crippen molar-refractivity contribution in [3.8, 4) is 0 Å². The lowest BCUT2D eigenvalue weighted by Gasteiger charge is -2.32. The second-order valence-corrected chi connectivity index (χ2v) is 4.20. The quantitative estimate of drug-likeness (QED) is 0.777. The molecular weight excluding hydrogens is 208 g/mol. The molecular formula is C11H22N2O3. The molecule has 0 radical (unpaired) electrons. The number of nitrogens with zero attached hydrogens (tertiary/aromatic N) is 1. The predicted octanol–water partition coefficient (Wildman–Crippen LogP) is 0.842. The number of amides is 1. The lowest BCUT2D eigenvalue weighted by molar-refractivity contribution is -0.0260. The number of rotatable bonds is 4. The minimum atomic E-state index is -0.236. The van der Waals surface area contributed by atoms with Gasteiger partial charge in [0.25, 0.3) is 0 Å². The van der Waals surface area contributed by atoms with Gasteiger partial charge in [-0.15, -0.1) is 0 Å². The number of hydrogen-bond acceptors (Lipinski definition) is 4. The summed E-state index contributed by atoms with van der Waals surface area (Å²) < 4.78 is 10.5. The van der Waals surface area contributed by atoms with Crippen LogP contribution in [0.15, 0.2) is 0 Å². The number of hydrogen-bond donors (Lipinski definition) is 1. The molecule has 1 heterocycles. The van der Waals surface area contributed by atoms with Crippen molar-refractivity contribution < 1.29 is 14.3 Å². The van der Waals surface area contributed by atoms with Crippen LogP contribution in [0.3, 0.4) is 0 Å². The molecule has 0 aromatic heterocycles. The van der Waals surface area contributed by atoms with Gasteiger partial charge in [-0.3, -0.25) is 0 Å². The number of carbonyl (C=O) groups is 1. The molecule has 0 bridgehead atoms. The minimum Gasteiger partial charge on any atom is -0.450 e. The molecule has 0 aromatic carbocycles. The van der Waals surface area contributed by atoms with E-state index < -0.39 is 0 Å². The van der Waals surface area contributed by atoms with E-state index in [-0.39, 0.29) is 12.2 Å². The van der Waals surface area contributed by atoms with Gasteiger partial charge in [-0.1, -0.05) is 13.8 Å². The summed E-state index contributed by atoms with van der Waals surface area (Å²) in [5.74, 6) is 0. The fraction of sp³-hybridized carbons (Fsp3) is 0.909. The Morgan fingerprint density at radius 2 is 2.38 bits per heavy atom. The fourth-order valence-corrected chi connectivity index (χ4v) is 1.59. The maximum Gasteiger partial charge on any atom is 0.409 e. The molecule has 94 valence electrons. The van der Waals surface area contributed by atoms with Crippen LogP contribution in [-0.4, -0.2) is 56.0 Å². The third-order valence-corrected chi connectivity index (χ3v) is 2.42. The Morgan fingerprint density at radius 3 is 3.00 bits per heavy atom. The average Bonchev–Trinajstić information content (AvgIpc) is 2.27. The van der Waals surface area contributed by atoms with Gasteiger partial charge in [0.2, 0.25) is 0 Å². The van der Waals surface area contributed by atoms with Gasteiger partial charge < -0.3 is 19.7 Å². The van der Waals surface area contributed by atoms with Crippen molar-refractivity contribution >= 4 is 6.09 Å². The van der Waals surface area contributed by atoms with Crippen molar-refractivity contribution in [2.45, 2.75) is 32.9 Å². The van der Waals surface area contributed by atoms with Crippen LogP contribution in [0.5, 0.6) is 0 Å². The Bertz CT molecular complexity index is 221. The van der Waals surface area contributed by atoms with Crippen molar-refractivity contribution in [1.29, 1.82) is 0 Å². The monoisotopic (exact) mass is 230 g/mol. The molecule has 1 aliphatic heterocycles. The molecule has 0 saturated carbocycles. The summed E-state index contributed by atoms with van der Waals surface area (Å²) in [6.45, 7) is 9.01. The molecule has 1 atom stereocenters. The Balaban J connectivity index is 2.32. The first-order valence-corrected chi connectivity index (χ1v) is 5.90. The number of nitrogens with one attached hydrogen (secondary N) is 1. The van der Waals surface area contributed by atoms with E-state index in [0.717, 1.165) is 6.54 Å². The van der Waals surface area contributed by atoms with Crippen LogP contribution in [0, 0.1) is 0 Å². The van der Waals surface area contributed by atoms with Gasteiger partial charge in [-0.25, -0.2) is 4.79 Å². The Morgan fingerprint density at radius 1 is 1.62 bits per heavy atom. The topological polar surface area (TPSA) is 50.8 Å². The molecule has 0 aromatic rings. The summed E-state index contributed by atoms with van der Waals surface area (Å²) in [5.41, 5.74) is 0. The third-order valence-electron chi connectivity index (χ3n) is 2.42. The van der Waals surface area contributed by atoms with Gasteiger partial charge in [0.1, 0.15) is 0 Å². The summed E-state index contributed by atoms with van der Waals surface area (Å²) >= 11 is 0. The van der Waals surface area contributed by atoms with E-state index in [9.17, 15) is 4.79 Å². The third kappa shape index (κ3) is 4.37. The van der Waals surface area contributed by atoms with E-state index in [1.165, 1.54) is 0 Å². The lowest BCUT2D eigenvalue weighted by atomic mass is 10.2. The van der Waals surface area contributed by atoms with E-state index in [0.29, 0.717) is 32.3 Å². The highest BCUT2D eigenvalue weighted by atomic mass is 16.6. The molecule has 1 aliphatic rings. The smallest absolute Gasteiger partial charge is 0.409 e. The molecule has 5 nitrogen and oxygen atoms in total. The standard InChI is InChI=1S/C11H22N2O3/c1-4-15-11(14)13-5-6-16-10(8-13)7-12-9(2)3/h9-10,12H,4-8H2,1-3H3. The average molecular weight is 230 g/mol. The van der Waals surface area contributed by atoms with Gasteiger partial charge in [-0.2, -0.15) is 0 Å².